The van der Waals surface area contributed by atoms with Crippen molar-refractivity contribution in [3.8, 4) is 0 Å². The first-order valence-electron chi connectivity index (χ1n) is 6.29. The number of nitrogens with one attached hydrogen (secondary N) is 1. The van der Waals surface area contributed by atoms with E-state index in [4.69, 9.17) is 0 Å². The number of aryl methyl sites for hydroxylation is 1. The van der Waals surface area contributed by atoms with Crippen LogP contribution in [-0.4, -0.2) is 25.5 Å². The number of hydrogen-bond donors (Lipinski definition) is 1. The topological polar surface area (TPSA) is 32.3 Å². The zero-order chi connectivity index (χ0) is 12.0. The van der Waals surface area contributed by atoms with Gasteiger partial charge in [0.05, 0.1) is 0 Å². The first-order valence-corrected chi connectivity index (χ1v) is 6.29. The van der Waals surface area contributed by atoms with Gasteiger partial charge in [0.25, 0.3) is 0 Å². The van der Waals surface area contributed by atoms with Gasteiger partial charge in [-0.25, -0.2) is 0 Å². The average Bonchev–Trinajstić information content (AvgIpc) is 2.52. The highest BCUT2D eigenvalue weighted by atomic mass is 16.2. The summed E-state index contributed by atoms with van der Waals surface area (Å²) in [5, 5.41) is 3.48. The fourth-order valence-electron chi connectivity index (χ4n) is 3.15. The number of amides is 1. The van der Waals surface area contributed by atoms with E-state index in [0.29, 0.717) is 5.92 Å². The summed E-state index contributed by atoms with van der Waals surface area (Å²) >= 11 is 0. The van der Waals surface area contributed by atoms with Crippen LogP contribution in [0.2, 0.25) is 0 Å². The third-order valence-corrected chi connectivity index (χ3v) is 3.99. The molecule has 0 aromatic heterocycles. The molecule has 2 aliphatic heterocycles. The number of anilines is 1. The van der Waals surface area contributed by atoms with Gasteiger partial charge in [-0.2, -0.15) is 0 Å². The summed E-state index contributed by atoms with van der Waals surface area (Å²) in [6.45, 7) is 6.72. The SMILES string of the molecule is CC(=O)N1CC2CNCCc3c(C)ccc1c32. The molecule has 3 rings (SSSR count). The molecule has 2 heterocycles. The Bertz CT molecular complexity index is 481. The normalized spacial score (nSPS) is 22.2. The molecule has 17 heavy (non-hydrogen) atoms. The minimum Gasteiger partial charge on any atom is -0.316 e. The summed E-state index contributed by atoms with van der Waals surface area (Å²) in [5.41, 5.74) is 5.39. The van der Waals surface area contributed by atoms with E-state index in [1.54, 1.807) is 6.92 Å². The molecule has 0 aliphatic carbocycles. The van der Waals surface area contributed by atoms with Gasteiger partial charge in [0.1, 0.15) is 0 Å². The molecule has 0 saturated heterocycles. The maximum absolute atomic E-state index is 11.7. The molecule has 0 fully saturated rings. The van der Waals surface area contributed by atoms with E-state index < -0.39 is 0 Å². The number of hydrogen-bond acceptors (Lipinski definition) is 2. The summed E-state index contributed by atoms with van der Waals surface area (Å²) in [5.74, 6) is 0.635. The molecule has 3 nitrogen and oxygen atoms in total. The Labute approximate surface area is 102 Å². The summed E-state index contributed by atoms with van der Waals surface area (Å²) in [7, 11) is 0. The number of carbonyl (C=O) groups excluding carboxylic acids is 1. The van der Waals surface area contributed by atoms with E-state index in [2.05, 4.69) is 24.4 Å². The minimum atomic E-state index is 0.157. The second kappa shape index (κ2) is 3.84. The molecule has 1 unspecified atom stereocenters. The molecule has 0 radical (unpaired) electrons. The van der Waals surface area contributed by atoms with E-state index in [9.17, 15) is 4.79 Å². The van der Waals surface area contributed by atoms with Crippen molar-refractivity contribution in [3.05, 3.63) is 28.8 Å². The first kappa shape index (κ1) is 10.8. The Morgan fingerprint density at radius 2 is 2.29 bits per heavy atom. The van der Waals surface area contributed by atoms with E-state index in [1.165, 1.54) is 16.7 Å². The zero-order valence-electron chi connectivity index (χ0n) is 10.4. The molecule has 90 valence electrons. The highest BCUT2D eigenvalue weighted by Gasteiger charge is 2.34. The fourth-order valence-corrected chi connectivity index (χ4v) is 3.15. The van der Waals surface area contributed by atoms with Gasteiger partial charge in [-0.1, -0.05) is 6.07 Å². The number of benzene rings is 1. The van der Waals surface area contributed by atoms with Crippen LogP contribution < -0.4 is 10.2 Å². The van der Waals surface area contributed by atoms with Crippen LogP contribution in [0.1, 0.15) is 29.5 Å². The van der Waals surface area contributed by atoms with Crippen molar-refractivity contribution in [2.24, 2.45) is 0 Å². The lowest BCUT2D eigenvalue weighted by Crippen LogP contribution is -2.30. The Morgan fingerprint density at radius 3 is 3.06 bits per heavy atom. The van der Waals surface area contributed by atoms with Crippen LogP contribution in [0.5, 0.6) is 0 Å². The van der Waals surface area contributed by atoms with Gasteiger partial charge in [0.15, 0.2) is 0 Å². The van der Waals surface area contributed by atoms with Crippen molar-refractivity contribution in [2.75, 3.05) is 24.5 Å². The van der Waals surface area contributed by atoms with Gasteiger partial charge in [-0.3, -0.25) is 4.79 Å². The zero-order valence-corrected chi connectivity index (χ0v) is 10.4. The standard InChI is InChI=1S/C14H18N2O/c1-9-3-4-13-14-11(8-16(13)10(2)17)7-15-6-5-12(9)14/h3-4,11,15H,5-8H2,1-2H3. The van der Waals surface area contributed by atoms with Crippen LogP contribution in [0.25, 0.3) is 0 Å². The van der Waals surface area contributed by atoms with Crippen molar-refractivity contribution >= 4 is 11.6 Å². The third-order valence-electron chi connectivity index (χ3n) is 3.99. The van der Waals surface area contributed by atoms with Crippen LogP contribution in [0.3, 0.4) is 0 Å². The Kier molecular flexibility index (Phi) is 2.44. The molecule has 2 aliphatic rings. The van der Waals surface area contributed by atoms with Crippen molar-refractivity contribution in [3.63, 3.8) is 0 Å². The number of rotatable bonds is 0. The second-order valence-corrected chi connectivity index (χ2v) is 5.07. The van der Waals surface area contributed by atoms with Crippen molar-refractivity contribution < 1.29 is 4.79 Å². The van der Waals surface area contributed by atoms with Crippen LogP contribution in [0, 0.1) is 6.92 Å². The number of carbonyl (C=O) groups is 1. The maximum atomic E-state index is 11.7. The highest BCUT2D eigenvalue weighted by molar-refractivity contribution is 5.94. The van der Waals surface area contributed by atoms with Crippen LogP contribution in [0.15, 0.2) is 12.1 Å². The van der Waals surface area contributed by atoms with E-state index in [0.717, 1.165) is 31.7 Å². The molecule has 0 bridgehead atoms. The van der Waals surface area contributed by atoms with Gasteiger partial charge in [-0.05, 0) is 42.6 Å². The summed E-state index contributed by atoms with van der Waals surface area (Å²) in [6.07, 6.45) is 1.08. The summed E-state index contributed by atoms with van der Waals surface area (Å²) in [4.78, 5) is 13.6. The maximum Gasteiger partial charge on any atom is 0.223 e. The Balaban J connectivity index is 2.18. The fraction of sp³-hybridized carbons (Fsp3) is 0.500. The predicted octanol–water partition coefficient (Wildman–Crippen LogP) is 1.59. The van der Waals surface area contributed by atoms with E-state index >= 15 is 0 Å². The average molecular weight is 230 g/mol. The van der Waals surface area contributed by atoms with Gasteiger partial charge in [0, 0.05) is 31.6 Å². The predicted molar refractivity (Wildman–Crippen MR) is 68.5 cm³/mol. The van der Waals surface area contributed by atoms with Crippen LogP contribution in [-0.2, 0) is 11.2 Å². The number of nitrogens with zero attached hydrogens (tertiary/aromatic N) is 1. The van der Waals surface area contributed by atoms with Gasteiger partial charge < -0.3 is 10.2 Å². The van der Waals surface area contributed by atoms with Gasteiger partial charge >= 0.3 is 0 Å². The van der Waals surface area contributed by atoms with E-state index in [1.807, 2.05) is 4.90 Å². The lowest BCUT2D eigenvalue weighted by atomic mass is 9.92. The summed E-state index contributed by atoms with van der Waals surface area (Å²) in [6, 6.07) is 4.26. The molecular weight excluding hydrogens is 212 g/mol. The van der Waals surface area contributed by atoms with Gasteiger partial charge in [0.2, 0.25) is 5.91 Å². The minimum absolute atomic E-state index is 0.157. The largest absolute Gasteiger partial charge is 0.316 e. The Hall–Kier alpha value is -1.35. The second-order valence-electron chi connectivity index (χ2n) is 5.07. The third kappa shape index (κ3) is 1.57. The molecule has 3 heteroatoms. The molecule has 1 amide bonds. The Morgan fingerprint density at radius 1 is 1.47 bits per heavy atom. The molecule has 1 aromatic carbocycles. The molecule has 1 N–H and O–H groups in total. The molecular formula is C14H18N2O. The van der Waals surface area contributed by atoms with Crippen LogP contribution >= 0.6 is 0 Å². The van der Waals surface area contributed by atoms with Crippen LogP contribution in [0.4, 0.5) is 5.69 Å². The monoisotopic (exact) mass is 230 g/mol. The van der Waals surface area contributed by atoms with E-state index in [-0.39, 0.29) is 5.91 Å². The van der Waals surface area contributed by atoms with Gasteiger partial charge in [-0.15, -0.1) is 0 Å². The highest BCUT2D eigenvalue weighted by Crippen LogP contribution is 2.40. The smallest absolute Gasteiger partial charge is 0.223 e. The molecule has 1 atom stereocenters. The van der Waals surface area contributed by atoms with Crippen molar-refractivity contribution in [1.82, 2.24) is 5.32 Å². The quantitative estimate of drug-likeness (QED) is 0.734. The van der Waals surface area contributed by atoms with Crippen molar-refractivity contribution in [2.45, 2.75) is 26.2 Å². The lowest BCUT2D eigenvalue weighted by molar-refractivity contribution is -0.116. The van der Waals surface area contributed by atoms with Crippen molar-refractivity contribution in [1.29, 1.82) is 0 Å². The molecule has 1 aromatic rings. The molecule has 0 saturated carbocycles. The molecule has 0 spiro atoms. The first-order chi connectivity index (χ1) is 8.18. The summed E-state index contributed by atoms with van der Waals surface area (Å²) < 4.78 is 0. The lowest BCUT2D eigenvalue weighted by Gasteiger charge is -2.17.